The van der Waals surface area contributed by atoms with Crippen LogP contribution in [0, 0.1) is 12.8 Å². The van der Waals surface area contributed by atoms with Crippen molar-refractivity contribution in [2.24, 2.45) is 5.92 Å². The van der Waals surface area contributed by atoms with Gasteiger partial charge in [0, 0.05) is 41.8 Å². The molecule has 0 N–H and O–H groups in total. The van der Waals surface area contributed by atoms with E-state index in [-0.39, 0.29) is 5.91 Å². The van der Waals surface area contributed by atoms with Crippen LogP contribution in [0.25, 0.3) is 10.9 Å². The van der Waals surface area contributed by atoms with E-state index in [1.54, 1.807) is 31.4 Å². The monoisotopic (exact) mass is 369 g/mol. The Labute approximate surface area is 157 Å². The molecule has 0 aliphatic carbocycles. The van der Waals surface area contributed by atoms with Crippen molar-refractivity contribution in [1.82, 2.24) is 14.7 Å². The third kappa shape index (κ3) is 2.92. The van der Waals surface area contributed by atoms with Crippen LogP contribution in [0.5, 0.6) is 5.75 Å². The molecule has 1 aromatic heterocycles. The smallest absolute Gasteiger partial charge is 0.253 e. The Morgan fingerprint density at radius 2 is 1.96 bits per heavy atom. The second kappa shape index (κ2) is 6.65. The van der Waals surface area contributed by atoms with Gasteiger partial charge in [0.2, 0.25) is 0 Å². The van der Waals surface area contributed by atoms with Crippen molar-refractivity contribution in [2.75, 3.05) is 20.2 Å². The van der Waals surface area contributed by atoms with Crippen LogP contribution >= 0.6 is 11.6 Å². The van der Waals surface area contributed by atoms with Crippen molar-refractivity contribution in [2.45, 2.75) is 13.5 Å². The van der Waals surface area contributed by atoms with E-state index >= 15 is 0 Å². The molecular weight excluding hydrogens is 350 g/mol. The summed E-state index contributed by atoms with van der Waals surface area (Å²) in [6.45, 7) is 4.35. The molecule has 1 fully saturated rings. The van der Waals surface area contributed by atoms with Gasteiger partial charge in [0.05, 0.1) is 18.0 Å². The van der Waals surface area contributed by atoms with E-state index in [0.29, 0.717) is 16.5 Å². The summed E-state index contributed by atoms with van der Waals surface area (Å²) in [6, 6.07) is 12.9. The molecule has 134 valence electrons. The molecule has 1 saturated heterocycles. The van der Waals surface area contributed by atoms with Gasteiger partial charge >= 0.3 is 0 Å². The largest absolute Gasteiger partial charge is 0.496 e. The highest BCUT2D eigenvalue weighted by atomic mass is 35.5. The van der Waals surface area contributed by atoms with Gasteiger partial charge in [-0.05, 0) is 43.3 Å². The molecule has 0 spiro atoms. The highest BCUT2D eigenvalue weighted by molar-refractivity contribution is 6.30. The zero-order valence-electron chi connectivity index (χ0n) is 14.8. The van der Waals surface area contributed by atoms with Crippen molar-refractivity contribution in [3.05, 3.63) is 58.7 Å². The summed E-state index contributed by atoms with van der Waals surface area (Å²) in [4.78, 5) is 14.3. The first-order valence-electron chi connectivity index (χ1n) is 8.62. The quantitative estimate of drug-likeness (QED) is 0.703. The van der Waals surface area contributed by atoms with E-state index in [1.807, 2.05) is 27.8 Å². The fourth-order valence-electron chi connectivity index (χ4n) is 3.52. The number of fused-ring (bicyclic) bond motifs is 1. The summed E-state index contributed by atoms with van der Waals surface area (Å²) in [6.07, 6.45) is 0. The highest BCUT2D eigenvalue weighted by Gasteiger charge is 2.32. The summed E-state index contributed by atoms with van der Waals surface area (Å²) in [5.41, 5.74) is 2.72. The third-order valence-electron chi connectivity index (χ3n) is 4.97. The molecule has 0 radical (unpaired) electrons. The zero-order valence-corrected chi connectivity index (χ0v) is 15.5. The van der Waals surface area contributed by atoms with Crippen molar-refractivity contribution in [3.8, 4) is 5.75 Å². The van der Waals surface area contributed by atoms with Crippen LogP contribution < -0.4 is 4.74 Å². The lowest BCUT2D eigenvalue weighted by molar-refractivity contribution is 0.0461. The second-order valence-corrected chi connectivity index (χ2v) is 7.14. The minimum Gasteiger partial charge on any atom is -0.496 e. The molecule has 0 bridgehead atoms. The van der Waals surface area contributed by atoms with Gasteiger partial charge in [-0.2, -0.15) is 5.10 Å². The number of carbonyl (C=O) groups excluding carboxylic acids is 1. The number of hydrogen-bond donors (Lipinski definition) is 0. The maximum Gasteiger partial charge on any atom is 0.253 e. The first-order chi connectivity index (χ1) is 12.6. The Bertz CT molecular complexity index is 959. The molecule has 3 aromatic rings. The number of rotatable bonds is 4. The zero-order chi connectivity index (χ0) is 18.3. The van der Waals surface area contributed by atoms with Crippen molar-refractivity contribution in [1.29, 1.82) is 0 Å². The molecule has 0 atom stereocenters. The molecule has 6 heteroatoms. The van der Waals surface area contributed by atoms with Gasteiger partial charge in [0.25, 0.3) is 5.91 Å². The number of carbonyl (C=O) groups is 1. The van der Waals surface area contributed by atoms with E-state index in [4.69, 9.17) is 21.4 Å². The molecule has 4 rings (SSSR count). The van der Waals surface area contributed by atoms with E-state index in [1.165, 1.54) is 0 Å². The van der Waals surface area contributed by atoms with Gasteiger partial charge in [-0.1, -0.05) is 17.7 Å². The normalized spacial score (nSPS) is 14.5. The van der Waals surface area contributed by atoms with Crippen LogP contribution in [0.1, 0.15) is 16.1 Å². The Morgan fingerprint density at radius 1 is 1.23 bits per heavy atom. The Hall–Kier alpha value is -2.53. The van der Waals surface area contributed by atoms with Crippen LogP contribution in [0.15, 0.2) is 42.5 Å². The van der Waals surface area contributed by atoms with Gasteiger partial charge in [-0.15, -0.1) is 0 Å². The minimum absolute atomic E-state index is 0.0573. The molecular formula is C20H20ClN3O2. The maximum absolute atomic E-state index is 12.5. The maximum atomic E-state index is 12.5. The predicted octanol–water partition coefficient (Wildman–Crippen LogP) is 3.78. The van der Waals surface area contributed by atoms with Gasteiger partial charge in [-0.3, -0.25) is 9.48 Å². The van der Waals surface area contributed by atoms with Gasteiger partial charge in [0.15, 0.2) is 0 Å². The van der Waals surface area contributed by atoms with Gasteiger partial charge in [0.1, 0.15) is 5.75 Å². The number of methoxy groups -OCH3 is 1. The number of halogens is 1. The Kier molecular flexibility index (Phi) is 4.32. The average molecular weight is 370 g/mol. The predicted molar refractivity (Wildman–Crippen MR) is 102 cm³/mol. The van der Waals surface area contributed by atoms with Crippen molar-refractivity contribution < 1.29 is 9.53 Å². The molecule has 2 aromatic carbocycles. The van der Waals surface area contributed by atoms with Gasteiger partial charge in [-0.25, -0.2) is 0 Å². The summed E-state index contributed by atoms with van der Waals surface area (Å²) >= 11 is 5.88. The summed E-state index contributed by atoms with van der Waals surface area (Å²) in [5.74, 6) is 1.31. The van der Waals surface area contributed by atoms with Crippen LogP contribution in [-0.2, 0) is 6.54 Å². The fourth-order valence-corrected chi connectivity index (χ4v) is 3.65. The first kappa shape index (κ1) is 16.9. The lowest BCUT2D eigenvalue weighted by Crippen LogP contribution is -2.51. The van der Waals surface area contributed by atoms with Crippen LogP contribution in [-0.4, -0.2) is 40.8 Å². The molecule has 1 aliphatic heterocycles. The molecule has 2 heterocycles. The SMILES string of the molecule is COc1cccc2nn(CC3CN(C(=O)c4ccc(Cl)cc4)C3)c(C)c12. The molecule has 1 aliphatic rings. The van der Waals surface area contributed by atoms with E-state index in [0.717, 1.165) is 42.0 Å². The molecule has 1 amide bonds. The van der Waals surface area contributed by atoms with Crippen molar-refractivity contribution in [3.63, 3.8) is 0 Å². The van der Waals surface area contributed by atoms with E-state index < -0.39 is 0 Å². The lowest BCUT2D eigenvalue weighted by atomic mass is 9.98. The van der Waals surface area contributed by atoms with Gasteiger partial charge < -0.3 is 9.64 Å². The molecule has 0 saturated carbocycles. The standard InChI is InChI=1S/C20H20ClN3O2/c1-13-19-17(4-3-5-18(19)26-2)22-24(13)12-14-10-23(11-14)20(25)15-6-8-16(21)9-7-15/h3-9,14H,10-12H2,1-2H3. The first-order valence-corrected chi connectivity index (χ1v) is 8.99. The summed E-state index contributed by atoms with van der Waals surface area (Å²) in [7, 11) is 1.68. The lowest BCUT2D eigenvalue weighted by Gasteiger charge is -2.39. The highest BCUT2D eigenvalue weighted by Crippen LogP contribution is 2.29. The van der Waals surface area contributed by atoms with Crippen LogP contribution in [0.4, 0.5) is 0 Å². The van der Waals surface area contributed by atoms with Crippen LogP contribution in [0.2, 0.25) is 5.02 Å². The molecule has 0 unspecified atom stereocenters. The number of benzene rings is 2. The number of nitrogens with zero attached hydrogens (tertiary/aromatic N) is 3. The number of aromatic nitrogens is 2. The molecule has 26 heavy (non-hydrogen) atoms. The Morgan fingerprint density at radius 3 is 2.65 bits per heavy atom. The third-order valence-corrected chi connectivity index (χ3v) is 5.22. The summed E-state index contributed by atoms with van der Waals surface area (Å²) in [5, 5.41) is 6.40. The Balaban J connectivity index is 1.44. The topological polar surface area (TPSA) is 47.4 Å². The summed E-state index contributed by atoms with van der Waals surface area (Å²) < 4.78 is 7.49. The number of likely N-dealkylation sites (tertiary alicyclic amines) is 1. The minimum atomic E-state index is 0.0573. The van der Waals surface area contributed by atoms with E-state index in [2.05, 4.69) is 6.92 Å². The number of hydrogen-bond acceptors (Lipinski definition) is 3. The number of ether oxygens (including phenoxy) is 1. The van der Waals surface area contributed by atoms with Crippen molar-refractivity contribution >= 4 is 28.4 Å². The van der Waals surface area contributed by atoms with Crippen LogP contribution in [0.3, 0.4) is 0 Å². The number of amides is 1. The fraction of sp³-hybridized carbons (Fsp3) is 0.300. The van der Waals surface area contributed by atoms with E-state index in [9.17, 15) is 4.79 Å². The average Bonchev–Trinajstić information content (AvgIpc) is 2.94. The second-order valence-electron chi connectivity index (χ2n) is 6.70. The molecule has 5 nitrogen and oxygen atoms in total. The number of aryl methyl sites for hydroxylation is 1.